The van der Waals surface area contributed by atoms with E-state index in [0.29, 0.717) is 5.92 Å². The number of hydrogen-bond donors (Lipinski definition) is 0. The van der Waals surface area contributed by atoms with E-state index in [4.69, 9.17) is 18.6 Å². The fraction of sp³-hybridized carbons (Fsp3) is 0.895. The normalized spacial score (nSPS) is 34.2. The maximum absolute atomic E-state index is 6.20. The van der Waals surface area contributed by atoms with Crippen molar-refractivity contribution in [3.05, 3.63) is 11.5 Å². The summed E-state index contributed by atoms with van der Waals surface area (Å²) < 4.78 is 24.7. The topological polar surface area (TPSA) is 36.9 Å². The molecule has 140 valence electrons. The summed E-state index contributed by atoms with van der Waals surface area (Å²) >= 11 is 0. The molecule has 2 heterocycles. The Morgan fingerprint density at radius 1 is 0.840 bits per heavy atom. The van der Waals surface area contributed by atoms with Crippen molar-refractivity contribution in [1.29, 1.82) is 0 Å². The van der Waals surface area contributed by atoms with Crippen molar-refractivity contribution < 1.29 is 18.6 Å². The molecule has 0 spiro atoms. The lowest BCUT2D eigenvalue weighted by molar-refractivity contribution is 0.00578. The maximum Gasteiger partial charge on any atom is 0.487 e. The Bertz CT molecular complexity index is 522. The molecule has 0 aromatic heterocycles. The summed E-state index contributed by atoms with van der Waals surface area (Å²) in [6, 6.07) is 0. The molecule has 0 amide bonds. The minimum absolute atomic E-state index is 0.130. The minimum Gasteiger partial charge on any atom is -0.403 e. The highest BCUT2D eigenvalue weighted by Gasteiger charge is 2.53. The van der Waals surface area contributed by atoms with Gasteiger partial charge in [0, 0.05) is 0 Å². The molecule has 1 aliphatic carbocycles. The first-order valence-electron chi connectivity index (χ1n) is 9.75. The highest BCUT2D eigenvalue weighted by molar-refractivity contribution is 6.52. The van der Waals surface area contributed by atoms with Gasteiger partial charge in [-0.05, 0) is 86.9 Å². The first-order chi connectivity index (χ1) is 11.3. The zero-order valence-corrected chi connectivity index (χ0v) is 17.3. The Labute approximate surface area is 154 Å². The van der Waals surface area contributed by atoms with Gasteiger partial charge in [0.25, 0.3) is 0 Å². The summed E-state index contributed by atoms with van der Waals surface area (Å²) in [6.07, 6.45) is 4.44. The standard InChI is InChI=1S/C19H34B2O4/c1-16(2)17(3,4)23-20(22-16)12-14-10-9-11-15(14)13-21-24-18(5,6)19(7,8)25-21/h12,15H,9-11,13H2,1-8H3/b14-12+. The molecule has 25 heavy (non-hydrogen) atoms. The van der Waals surface area contributed by atoms with E-state index in [1.54, 1.807) is 0 Å². The molecule has 3 aliphatic rings. The van der Waals surface area contributed by atoms with Gasteiger partial charge in [-0.15, -0.1) is 0 Å². The van der Waals surface area contributed by atoms with E-state index < -0.39 is 0 Å². The van der Waals surface area contributed by atoms with Crippen LogP contribution in [0.5, 0.6) is 0 Å². The van der Waals surface area contributed by atoms with Crippen LogP contribution in [0.2, 0.25) is 6.32 Å². The SMILES string of the molecule is CC1(C)OB(/C=C2\CCCC2CB2OC(C)(C)C(C)(C)O2)OC1(C)C. The van der Waals surface area contributed by atoms with Gasteiger partial charge in [-0.3, -0.25) is 0 Å². The lowest BCUT2D eigenvalue weighted by Gasteiger charge is -2.32. The molecule has 3 fully saturated rings. The van der Waals surface area contributed by atoms with Gasteiger partial charge in [0.1, 0.15) is 0 Å². The Kier molecular flexibility index (Phi) is 4.76. The average molecular weight is 348 g/mol. The second-order valence-corrected chi connectivity index (χ2v) is 9.88. The van der Waals surface area contributed by atoms with Gasteiger partial charge in [-0.2, -0.15) is 0 Å². The van der Waals surface area contributed by atoms with Gasteiger partial charge < -0.3 is 18.6 Å². The van der Waals surface area contributed by atoms with E-state index in [2.05, 4.69) is 61.4 Å². The molecule has 1 saturated carbocycles. The van der Waals surface area contributed by atoms with E-state index in [1.807, 2.05) is 0 Å². The Morgan fingerprint density at radius 2 is 1.32 bits per heavy atom. The largest absolute Gasteiger partial charge is 0.487 e. The van der Waals surface area contributed by atoms with Crippen LogP contribution in [0.4, 0.5) is 0 Å². The molecule has 2 saturated heterocycles. The van der Waals surface area contributed by atoms with Crippen LogP contribution in [0.1, 0.15) is 74.7 Å². The third kappa shape index (κ3) is 3.60. The van der Waals surface area contributed by atoms with Gasteiger partial charge in [0.15, 0.2) is 0 Å². The van der Waals surface area contributed by atoms with Crippen molar-refractivity contribution in [2.45, 2.75) is 103 Å². The summed E-state index contributed by atoms with van der Waals surface area (Å²) in [6.45, 7) is 16.9. The molecule has 6 heteroatoms. The van der Waals surface area contributed by atoms with Crippen LogP contribution in [-0.4, -0.2) is 36.6 Å². The van der Waals surface area contributed by atoms with Crippen molar-refractivity contribution in [1.82, 2.24) is 0 Å². The Hall–Kier alpha value is -0.290. The number of hydrogen-bond acceptors (Lipinski definition) is 4. The Morgan fingerprint density at radius 3 is 1.84 bits per heavy atom. The molecule has 0 bridgehead atoms. The van der Waals surface area contributed by atoms with Crippen molar-refractivity contribution >= 4 is 14.2 Å². The first kappa shape index (κ1) is 19.5. The fourth-order valence-corrected chi connectivity index (χ4v) is 3.86. The molecule has 4 nitrogen and oxygen atoms in total. The fourth-order valence-electron chi connectivity index (χ4n) is 3.86. The predicted octanol–water partition coefficient (Wildman–Crippen LogP) is 4.44. The molecule has 0 radical (unpaired) electrons. The van der Waals surface area contributed by atoms with Crippen LogP contribution in [0, 0.1) is 5.92 Å². The van der Waals surface area contributed by atoms with Crippen LogP contribution in [0.25, 0.3) is 0 Å². The summed E-state index contributed by atoms with van der Waals surface area (Å²) in [4.78, 5) is 0. The van der Waals surface area contributed by atoms with Crippen molar-refractivity contribution in [2.24, 2.45) is 5.92 Å². The molecule has 1 unspecified atom stereocenters. The third-order valence-electron chi connectivity index (χ3n) is 6.94. The van der Waals surface area contributed by atoms with E-state index >= 15 is 0 Å². The summed E-state index contributed by atoms with van der Waals surface area (Å²) in [5.74, 6) is 2.70. The lowest BCUT2D eigenvalue weighted by atomic mass is 9.73. The van der Waals surface area contributed by atoms with Gasteiger partial charge >= 0.3 is 14.2 Å². The number of allylic oxidation sites excluding steroid dienone is 1. The van der Waals surface area contributed by atoms with E-state index in [-0.39, 0.29) is 36.6 Å². The smallest absolute Gasteiger partial charge is 0.403 e. The minimum atomic E-state index is -0.283. The summed E-state index contributed by atoms with van der Waals surface area (Å²) in [5, 5.41) is 0. The van der Waals surface area contributed by atoms with Crippen LogP contribution >= 0.6 is 0 Å². The quantitative estimate of drug-likeness (QED) is 0.707. The van der Waals surface area contributed by atoms with Gasteiger partial charge in [0.05, 0.1) is 22.4 Å². The maximum atomic E-state index is 6.20. The van der Waals surface area contributed by atoms with E-state index in [0.717, 1.165) is 12.7 Å². The Balaban J connectivity index is 1.66. The summed E-state index contributed by atoms with van der Waals surface area (Å²) in [5.41, 5.74) is 0.356. The summed E-state index contributed by atoms with van der Waals surface area (Å²) in [7, 11) is -0.381. The van der Waals surface area contributed by atoms with Crippen LogP contribution in [-0.2, 0) is 18.6 Å². The van der Waals surface area contributed by atoms with Crippen molar-refractivity contribution in [3.63, 3.8) is 0 Å². The second-order valence-electron chi connectivity index (χ2n) is 9.88. The average Bonchev–Trinajstić information content (AvgIpc) is 2.96. The predicted molar refractivity (Wildman–Crippen MR) is 102 cm³/mol. The van der Waals surface area contributed by atoms with E-state index in [1.165, 1.54) is 18.4 Å². The van der Waals surface area contributed by atoms with Crippen LogP contribution < -0.4 is 0 Å². The third-order valence-corrected chi connectivity index (χ3v) is 6.94. The van der Waals surface area contributed by atoms with Crippen LogP contribution in [0.15, 0.2) is 11.5 Å². The molecular weight excluding hydrogens is 314 g/mol. The zero-order valence-electron chi connectivity index (χ0n) is 17.3. The monoisotopic (exact) mass is 348 g/mol. The van der Waals surface area contributed by atoms with Gasteiger partial charge in [-0.1, -0.05) is 11.5 Å². The van der Waals surface area contributed by atoms with Gasteiger partial charge in [0.2, 0.25) is 0 Å². The van der Waals surface area contributed by atoms with Crippen molar-refractivity contribution in [2.75, 3.05) is 0 Å². The zero-order chi connectivity index (χ0) is 18.7. The van der Waals surface area contributed by atoms with Gasteiger partial charge in [-0.25, -0.2) is 0 Å². The molecule has 3 rings (SSSR count). The molecular formula is C19H34B2O4. The lowest BCUT2D eigenvalue weighted by Crippen LogP contribution is -2.41. The molecule has 1 atom stereocenters. The van der Waals surface area contributed by atoms with Crippen LogP contribution in [0.3, 0.4) is 0 Å². The first-order valence-corrected chi connectivity index (χ1v) is 9.75. The highest BCUT2D eigenvalue weighted by Crippen LogP contribution is 2.43. The molecule has 2 aliphatic heterocycles. The number of rotatable bonds is 3. The second kappa shape index (κ2) is 6.12. The highest BCUT2D eigenvalue weighted by atomic mass is 16.7. The van der Waals surface area contributed by atoms with E-state index in [9.17, 15) is 0 Å². The molecule has 0 aromatic carbocycles. The molecule has 0 aromatic rings. The van der Waals surface area contributed by atoms with Crippen molar-refractivity contribution in [3.8, 4) is 0 Å². The molecule has 0 N–H and O–H groups in total.